The average molecular weight is 294 g/mol. The number of carbonyl (C=O) groups is 2. The van der Waals surface area contributed by atoms with Crippen molar-refractivity contribution in [3.8, 4) is 0 Å². The number of rotatable bonds is 6. The fraction of sp³-hybridized carbons (Fsp3) is 0.875. The summed E-state index contributed by atoms with van der Waals surface area (Å²) in [5, 5.41) is 14.7. The number of amides is 2. The van der Waals surface area contributed by atoms with Crippen molar-refractivity contribution in [2.75, 3.05) is 6.54 Å². The third-order valence-corrected chi connectivity index (χ3v) is 5.52. The maximum Gasteiger partial charge on any atom is 0.315 e. The number of urea groups is 1. The highest BCUT2D eigenvalue weighted by atomic mass is 16.4. The van der Waals surface area contributed by atoms with Crippen LogP contribution >= 0.6 is 0 Å². The molecule has 0 saturated heterocycles. The summed E-state index contributed by atoms with van der Waals surface area (Å²) < 4.78 is 0. The van der Waals surface area contributed by atoms with Crippen molar-refractivity contribution >= 4 is 12.0 Å². The minimum absolute atomic E-state index is 0.0555. The zero-order valence-electron chi connectivity index (χ0n) is 12.6. The maximum absolute atomic E-state index is 12.1. The summed E-state index contributed by atoms with van der Waals surface area (Å²) in [6, 6.07) is -0.0627. The predicted molar refractivity (Wildman–Crippen MR) is 78.9 cm³/mol. The average Bonchev–Trinajstić information content (AvgIpc) is 2.35. The standard InChI is InChI=1S/C16H26N2O3/c19-14(20)3-1-2-4-17-15(21)18-16-8-11-5-12(9-16)7-13(6-11)10-16/h11-13H,1-10H2,(H,19,20)(H2,17,18,21). The van der Waals surface area contributed by atoms with Gasteiger partial charge in [-0.3, -0.25) is 4.79 Å². The van der Waals surface area contributed by atoms with Crippen LogP contribution in [0.1, 0.15) is 57.8 Å². The molecule has 0 heterocycles. The van der Waals surface area contributed by atoms with E-state index < -0.39 is 5.97 Å². The summed E-state index contributed by atoms with van der Waals surface area (Å²) in [6.45, 7) is 0.561. The second-order valence-corrected chi connectivity index (χ2v) is 7.43. The third kappa shape index (κ3) is 3.50. The van der Waals surface area contributed by atoms with Gasteiger partial charge >= 0.3 is 12.0 Å². The molecule has 0 unspecified atom stereocenters. The van der Waals surface area contributed by atoms with E-state index in [1.165, 1.54) is 19.3 Å². The Morgan fingerprint density at radius 1 is 1.00 bits per heavy atom. The SMILES string of the molecule is O=C(O)CCCCNC(=O)NC12CC3CC(CC(C3)C1)C2. The van der Waals surface area contributed by atoms with Crippen LogP contribution in [-0.4, -0.2) is 29.2 Å². The van der Waals surface area contributed by atoms with Gasteiger partial charge in [-0.2, -0.15) is 0 Å². The fourth-order valence-corrected chi connectivity index (χ4v) is 5.15. The first kappa shape index (κ1) is 14.7. The van der Waals surface area contributed by atoms with Crippen LogP contribution in [0.3, 0.4) is 0 Å². The Balaban J connectivity index is 1.41. The summed E-state index contributed by atoms with van der Waals surface area (Å²) >= 11 is 0. The Morgan fingerprint density at radius 2 is 1.57 bits per heavy atom. The van der Waals surface area contributed by atoms with Crippen LogP contribution in [0.5, 0.6) is 0 Å². The highest BCUT2D eigenvalue weighted by Crippen LogP contribution is 2.55. The normalized spacial score (nSPS) is 36.5. The maximum atomic E-state index is 12.1. The lowest BCUT2D eigenvalue weighted by Gasteiger charge is -2.56. The number of carboxylic acid groups (broad SMARTS) is 1. The largest absolute Gasteiger partial charge is 0.481 e. The van der Waals surface area contributed by atoms with E-state index >= 15 is 0 Å². The van der Waals surface area contributed by atoms with Crippen molar-refractivity contribution < 1.29 is 14.7 Å². The van der Waals surface area contributed by atoms with Gasteiger partial charge in [0.05, 0.1) is 0 Å². The number of hydrogen-bond donors (Lipinski definition) is 3. The van der Waals surface area contributed by atoms with Crippen LogP contribution in [0.25, 0.3) is 0 Å². The molecule has 0 aromatic heterocycles. The molecule has 0 atom stereocenters. The lowest BCUT2D eigenvalue weighted by Crippen LogP contribution is -2.61. The van der Waals surface area contributed by atoms with E-state index in [9.17, 15) is 9.59 Å². The first-order valence-corrected chi connectivity index (χ1v) is 8.32. The molecular formula is C16H26N2O3. The molecule has 0 aromatic rings. The Morgan fingerprint density at radius 3 is 2.10 bits per heavy atom. The van der Waals surface area contributed by atoms with E-state index in [0.29, 0.717) is 13.0 Å². The van der Waals surface area contributed by atoms with Gasteiger partial charge in [0.25, 0.3) is 0 Å². The van der Waals surface area contributed by atoms with Gasteiger partial charge in [-0.15, -0.1) is 0 Å². The zero-order valence-corrected chi connectivity index (χ0v) is 12.6. The van der Waals surface area contributed by atoms with E-state index in [-0.39, 0.29) is 18.0 Å². The third-order valence-electron chi connectivity index (χ3n) is 5.52. The molecule has 4 bridgehead atoms. The molecule has 4 fully saturated rings. The summed E-state index contributed by atoms with van der Waals surface area (Å²) in [5.74, 6) is 1.71. The minimum Gasteiger partial charge on any atom is -0.481 e. The van der Waals surface area contributed by atoms with Crippen LogP contribution in [0.2, 0.25) is 0 Å². The zero-order chi connectivity index (χ0) is 14.9. The summed E-state index contributed by atoms with van der Waals surface area (Å²) in [5.41, 5.74) is 0.0555. The molecule has 21 heavy (non-hydrogen) atoms. The number of carbonyl (C=O) groups excluding carboxylic acids is 1. The highest BCUT2D eigenvalue weighted by molar-refractivity contribution is 5.74. The second kappa shape index (κ2) is 5.85. The van der Waals surface area contributed by atoms with Gasteiger partial charge in [0.2, 0.25) is 0 Å². The fourth-order valence-electron chi connectivity index (χ4n) is 5.15. The summed E-state index contributed by atoms with van der Waals surface area (Å²) in [4.78, 5) is 22.5. The van der Waals surface area contributed by atoms with E-state index in [1.54, 1.807) is 0 Å². The van der Waals surface area contributed by atoms with Gasteiger partial charge in [-0.05, 0) is 69.1 Å². The van der Waals surface area contributed by atoms with E-state index in [0.717, 1.165) is 43.4 Å². The topological polar surface area (TPSA) is 78.4 Å². The first-order chi connectivity index (χ1) is 10.0. The second-order valence-electron chi connectivity index (χ2n) is 7.43. The number of carboxylic acids is 1. The first-order valence-electron chi connectivity index (χ1n) is 8.32. The Labute approximate surface area is 125 Å². The minimum atomic E-state index is -0.770. The van der Waals surface area contributed by atoms with Crippen LogP contribution in [0.15, 0.2) is 0 Å². The van der Waals surface area contributed by atoms with Crippen molar-refractivity contribution in [1.82, 2.24) is 10.6 Å². The van der Waals surface area contributed by atoms with Gasteiger partial charge < -0.3 is 15.7 Å². The number of nitrogens with one attached hydrogen (secondary N) is 2. The van der Waals surface area contributed by atoms with Crippen molar-refractivity contribution in [3.05, 3.63) is 0 Å². The van der Waals surface area contributed by atoms with Crippen LogP contribution < -0.4 is 10.6 Å². The Kier molecular flexibility index (Phi) is 4.09. The molecule has 2 amide bonds. The van der Waals surface area contributed by atoms with E-state index in [2.05, 4.69) is 10.6 Å². The molecule has 0 radical (unpaired) electrons. The van der Waals surface area contributed by atoms with Gasteiger partial charge in [-0.25, -0.2) is 4.79 Å². The number of aliphatic carboxylic acids is 1. The molecule has 0 aromatic carbocycles. The summed E-state index contributed by atoms with van der Waals surface area (Å²) in [7, 11) is 0. The molecule has 3 N–H and O–H groups in total. The molecule has 4 rings (SSSR count). The van der Waals surface area contributed by atoms with Crippen molar-refractivity contribution in [2.45, 2.75) is 63.3 Å². The Bertz CT molecular complexity index is 386. The molecule has 5 nitrogen and oxygen atoms in total. The van der Waals surface area contributed by atoms with E-state index in [1.807, 2.05) is 0 Å². The summed E-state index contributed by atoms with van der Waals surface area (Å²) in [6.07, 6.45) is 9.11. The lowest BCUT2D eigenvalue weighted by atomic mass is 9.53. The molecule has 5 heteroatoms. The monoisotopic (exact) mass is 294 g/mol. The molecule has 4 aliphatic carbocycles. The number of unbranched alkanes of at least 4 members (excludes halogenated alkanes) is 1. The molecule has 4 aliphatic rings. The van der Waals surface area contributed by atoms with Gasteiger partial charge in [0.1, 0.15) is 0 Å². The van der Waals surface area contributed by atoms with Gasteiger partial charge in [0.15, 0.2) is 0 Å². The van der Waals surface area contributed by atoms with Gasteiger partial charge in [0, 0.05) is 18.5 Å². The highest BCUT2D eigenvalue weighted by Gasteiger charge is 2.51. The smallest absolute Gasteiger partial charge is 0.315 e. The van der Waals surface area contributed by atoms with Gasteiger partial charge in [-0.1, -0.05) is 0 Å². The Hall–Kier alpha value is -1.26. The predicted octanol–water partition coefficient (Wildman–Crippen LogP) is 2.51. The van der Waals surface area contributed by atoms with Crippen molar-refractivity contribution in [3.63, 3.8) is 0 Å². The van der Waals surface area contributed by atoms with E-state index in [4.69, 9.17) is 5.11 Å². The molecule has 118 valence electrons. The van der Waals surface area contributed by atoms with Crippen LogP contribution in [0, 0.1) is 17.8 Å². The lowest BCUT2D eigenvalue weighted by molar-refractivity contribution is -0.137. The molecule has 4 saturated carbocycles. The van der Waals surface area contributed by atoms with Crippen molar-refractivity contribution in [2.24, 2.45) is 17.8 Å². The molecular weight excluding hydrogens is 268 g/mol. The molecule has 0 aliphatic heterocycles. The van der Waals surface area contributed by atoms with Crippen molar-refractivity contribution in [1.29, 1.82) is 0 Å². The molecule has 0 spiro atoms. The van der Waals surface area contributed by atoms with Crippen LogP contribution in [-0.2, 0) is 4.79 Å². The van der Waals surface area contributed by atoms with Crippen LogP contribution in [0.4, 0.5) is 4.79 Å². The quantitative estimate of drug-likeness (QED) is 0.659. The number of hydrogen-bond acceptors (Lipinski definition) is 2.